The SMILES string of the molecule is C=CCCCC[C@@H](C)C(=O)N(C)[C@@H](C)C(=O)N(C)[C@H](C(=O)N1CCC[C@H]1C(=O)N(C)[C@H](C(=O)N(C)[C@H](C(=O)N(C)[C@@H](Cc1ccc(OC)cc1)C(=O)N1CCC[C@H]1c1nccs1)C(C)C)C(C)C)C(C)C. The van der Waals surface area contributed by atoms with Crippen molar-refractivity contribution in [2.75, 3.05) is 55.4 Å². The quantitative estimate of drug-likeness (QED) is 0.0838. The number of ether oxygens (including phenoxy) is 1. The van der Waals surface area contributed by atoms with E-state index in [1.165, 1.54) is 35.8 Å². The average molecular weight is 1010 g/mol. The molecule has 71 heavy (non-hydrogen) atoms. The average Bonchev–Trinajstić information content (AvgIpc) is 4.16. The molecular weight excluding hydrogens is 921 g/mol. The lowest BCUT2D eigenvalue weighted by Gasteiger charge is -2.41. The number of amides is 7. The summed E-state index contributed by atoms with van der Waals surface area (Å²) in [5.41, 5.74) is 0.835. The van der Waals surface area contributed by atoms with Crippen LogP contribution in [-0.2, 0) is 40.0 Å². The van der Waals surface area contributed by atoms with Gasteiger partial charge in [-0.1, -0.05) is 73.1 Å². The van der Waals surface area contributed by atoms with Crippen molar-refractivity contribution in [3.05, 3.63) is 59.1 Å². The molecule has 2 aromatic rings. The Bertz CT molecular complexity index is 2130. The summed E-state index contributed by atoms with van der Waals surface area (Å²) in [7, 11) is 9.55. The largest absolute Gasteiger partial charge is 0.497 e. The van der Waals surface area contributed by atoms with E-state index >= 15 is 0 Å². The molecule has 2 aliphatic rings. The van der Waals surface area contributed by atoms with Gasteiger partial charge in [-0.2, -0.15) is 0 Å². The Balaban J connectivity index is 1.56. The molecule has 0 radical (unpaired) electrons. The van der Waals surface area contributed by atoms with Crippen molar-refractivity contribution in [1.82, 2.24) is 39.3 Å². The number of methoxy groups -OCH3 is 1. The molecular formula is C54H84N8O8S. The molecule has 2 aliphatic heterocycles. The van der Waals surface area contributed by atoms with Gasteiger partial charge in [-0.15, -0.1) is 17.9 Å². The fourth-order valence-electron chi connectivity index (χ4n) is 10.5. The maximum atomic E-state index is 15.0. The molecule has 1 aromatic heterocycles. The van der Waals surface area contributed by atoms with Gasteiger partial charge in [-0.3, -0.25) is 33.6 Å². The van der Waals surface area contributed by atoms with Gasteiger partial charge in [0.15, 0.2) is 0 Å². The summed E-state index contributed by atoms with van der Waals surface area (Å²) in [5.74, 6) is -3.08. The van der Waals surface area contributed by atoms with E-state index in [0.29, 0.717) is 38.1 Å². The summed E-state index contributed by atoms with van der Waals surface area (Å²) < 4.78 is 5.38. The fourth-order valence-corrected chi connectivity index (χ4v) is 11.3. The van der Waals surface area contributed by atoms with Gasteiger partial charge in [-0.25, -0.2) is 4.98 Å². The van der Waals surface area contributed by atoms with Gasteiger partial charge in [0.2, 0.25) is 41.4 Å². The predicted octanol–water partition coefficient (Wildman–Crippen LogP) is 6.55. The Labute approximate surface area is 428 Å². The zero-order chi connectivity index (χ0) is 53.0. The highest BCUT2D eigenvalue weighted by atomic mass is 32.1. The van der Waals surface area contributed by atoms with E-state index in [9.17, 15) is 33.6 Å². The van der Waals surface area contributed by atoms with E-state index in [0.717, 1.165) is 42.7 Å². The second-order valence-electron chi connectivity index (χ2n) is 20.8. The van der Waals surface area contributed by atoms with Gasteiger partial charge >= 0.3 is 0 Å². The third-order valence-electron chi connectivity index (χ3n) is 14.7. The molecule has 0 unspecified atom stereocenters. The number of carbonyl (C=O) groups is 7. The number of thiazole rings is 1. The fraction of sp³-hybridized carbons (Fsp3) is 0.667. The molecule has 4 rings (SSSR count). The minimum absolute atomic E-state index is 0.142. The maximum absolute atomic E-state index is 15.0. The molecule has 394 valence electrons. The first kappa shape index (κ1) is 58.3. The van der Waals surface area contributed by atoms with E-state index in [1.807, 2.05) is 89.1 Å². The number of allylic oxidation sites excluding steroid dienone is 1. The van der Waals surface area contributed by atoms with Crippen LogP contribution in [-0.4, -0.2) is 172 Å². The molecule has 2 saturated heterocycles. The van der Waals surface area contributed by atoms with Crippen molar-refractivity contribution in [2.45, 2.75) is 155 Å². The van der Waals surface area contributed by atoms with E-state index in [-0.39, 0.29) is 53.8 Å². The molecule has 17 heteroatoms. The van der Waals surface area contributed by atoms with Crippen molar-refractivity contribution in [3.8, 4) is 5.75 Å². The zero-order valence-corrected chi connectivity index (χ0v) is 45.9. The molecule has 0 saturated carbocycles. The van der Waals surface area contributed by atoms with Crippen LogP contribution >= 0.6 is 11.3 Å². The van der Waals surface area contributed by atoms with Crippen LogP contribution in [0, 0.1) is 23.7 Å². The first-order valence-electron chi connectivity index (χ1n) is 25.6. The Hall–Kier alpha value is -5.32. The number of hydrogen-bond acceptors (Lipinski definition) is 10. The third-order valence-corrected chi connectivity index (χ3v) is 15.6. The van der Waals surface area contributed by atoms with Crippen LogP contribution in [0.1, 0.15) is 123 Å². The van der Waals surface area contributed by atoms with Gasteiger partial charge < -0.3 is 39.0 Å². The standard InChI is InChI=1S/C54H84N8O8S/c1-16-17-18-19-22-37(8)48(63)56(10)38(9)49(64)58(12)46(36(6)7)54(69)62-31-21-24-42(62)50(65)59(13)45(35(4)5)53(68)60(14)44(34(2)3)52(67)57(11)43(33-39-25-27-40(70-15)28-26-39)51(66)61-30-20-23-41(61)47-55-29-32-71-47/h16,25-29,32,34-38,41-46H,1,17-24,30-31,33H2,2-15H3/t37-,38+,41+,42+,43+,44+,45+,46+/m1/s1. The van der Waals surface area contributed by atoms with Crippen LogP contribution in [0.2, 0.25) is 0 Å². The summed E-state index contributed by atoms with van der Waals surface area (Å²) in [4.78, 5) is 117. The Morgan fingerprint density at radius 3 is 1.83 bits per heavy atom. The van der Waals surface area contributed by atoms with Crippen LogP contribution < -0.4 is 4.74 Å². The summed E-state index contributed by atoms with van der Waals surface area (Å²) in [5, 5.41) is 2.75. The second kappa shape index (κ2) is 26.4. The minimum atomic E-state index is -1.01. The lowest BCUT2D eigenvalue weighted by molar-refractivity contribution is -0.158. The third kappa shape index (κ3) is 13.8. The predicted molar refractivity (Wildman–Crippen MR) is 278 cm³/mol. The molecule has 0 bridgehead atoms. The van der Waals surface area contributed by atoms with Crippen LogP contribution in [0.25, 0.3) is 0 Å². The Morgan fingerprint density at radius 2 is 1.27 bits per heavy atom. The van der Waals surface area contributed by atoms with Crippen molar-refractivity contribution in [2.24, 2.45) is 23.7 Å². The van der Waals surface area contributed by atoms with E-state index in [1.54, 1.807) is 60.4 Å². The van der Waals surface area contributed by atoms with Gasteiger partial charge in [0.1, 0.15) is 47.0 Å². The first-order chi connectivity index (χ1) is 33.5. The van der Waals surface area contributed by atoms with E-state index in [4.69, 9.17) is 4.74 Å². The van der Waals surface area contributed by atoms with Crippen molar-refractivity contribution >= 4 is 52.7 Å². The normalized spacial score (nSPS) is 18.4. The van der Waals surface area contributed by atoms with Crippen molar-refractivity contribution < 1.29 is 38.3 Å². The highest BCUT2D eigenvalue weighted by molar-refractivity contribution is 7.09. The second-order valence-corrected chi connectivity index (χ2v) is 21.7. The number of likely N-dealkylation sites (tertiary alicyclic amines) is 2. The van der Waals surface area contributed by atoms with Gasteiger partial charge in [0, 0.05) is 72.2 Å². The van der Waals surface area contributed by atoms with Crippen molar-refractivity contribution in [3.63, 3.8) is 0 Å². The van der Waals surface area contributed by atoms with Gasteiger partial charge in [0.05, 0.1) is 13.2 Å². The molecule has 0 spiro atoms. The number of hydrogen-bond donors (Lipinski definition) is 0. The number of aromatic nitrogens is 1. The monoisotopic (exact) mass is 1000 g/mol. The molecule has 1 aromatic carbocycles. The van der Waals surface area contributed by atoms with Crippen LogP contribution in [0.3, 0.4) is 0 Å². The number of rotatable bonds is 24. The summed E-state index contributed by atoms with van der Waals surface area (Å²) in [6.45, 7) is 19.2. The summed E-state index contributed by atoms with van der Waals surface area (Å²) in [6, 6.07) is 1.66. The smallest absolute Gasteiger partial charge is 0.246 e. The van der Waals surface area contributed by atoms with E-state index in [2.05, 4.69) is 11.6 Å². The lowest BCUT2D eigenvalue weighted by Crippen LogP contribution is -2.62. The highest BCUT2D eigenvalue weighted by Crippen LogP contribution is 2.35. The maximum Gasteiger partial charge on any atom is 0.246 e. The van der Waals surface area contributed by atoms with Crippen LogP contribution in [0.4, 0.5) is 0 Å². The molecule has 16 nitrogen and oxygen atoms in total. The van der Waals surface area contributed by atoms with Gasteiger partial charge in [-0.05, 0) is 87.3 Å². The molecule has 0 aliphatic carbocycles. The molecule has 8 atom stereocenters. The lowest BCUT2D eigenvalue weighted by atomic mass is 9.95. The number of nitrogens with zero attached hydrogens (tertiary/aromatic N) is 8. The Kier molecular flexibility index (Phi) is 21.7. The molecule has 7 amide bonds. The number of carbonyl (C=O) groups excluding carboxylic acids is 7. The first-order valence-corrected chi connectivity index (χ1v) is 26.5. The van der Waals surface area contributed by atoms with Crippen LogP contribution in [0.5, 0.6) is 5.75 Å². The Morgan fingerprint density at radius 1 is 0.704 bits per heavy atom. The summed E-state index contributed by atoms with van der Waals surface area (Å²) in [6.07, 6.45) is 9.68. The van der Waals surface area contributed by atoms with Crippen LogP contribution in [0.15, 0.2) is 48.5 Å². The van der Waals surface area contributed by atoms with Gasteiger partial charge in [0.25, 0.3) is 0 Å². The molecule has 2 fully saturated rings. The minimum Gasteiger partial charge on any atom is -0.497 e. The van der Waals surface area contributed by atoms with Crippen molar-refractivity contribution in [1.29, 1.82) is 0 Å². The molecule has 0 N–H and O–H groups in total. The zero-order valence-electron chi connectivity index (χ0n) is 45.1. The number of likely N-dealkylation sites (N-methyl/N-ethyl adjacent to an activating group) is 5. The topological polar surface area (TPSA) is 164 Å². The number of unbranched alkanes of at least 4 members (excludes halogenated alkanes) is 2. The number of benzene rings is 1. The molecule has 3 heterocycles. The summed E-state index contributed by atoms with van der Waals surface area (Å²) >= 11 is 1.50. The van der Waals surface area contributed by atoms with E-state index < -0.39 is 59.9 Å². The highest BCUT2D eigenvalue weighted by Gasteiger charge is 2.47.